The Balaban J connectivity index is 0.000000266. The molecule has 0 bridgehead atoms. The first-order chi connectivity index (χ1) is 40.0. The predicted octanol–water partition coefficient (Wildman–Crippen LogP) is 11.7. The van der Waals surface area contributed by atoms with Gasteiger partial charge in [-0.05, 0) is 75.2 Å². The van der Waals surface area contributed by atoms with Crippen LogP contribution in [0.25, 0.3) is 66.1 Å². The number of pyridine rings is 2. The minimum atomic E-state index is -1.43. The van der Waals surface area contributed by atoms with Crippen molar-refractivity contribution in [1.82, 2.24) is 58.8 Å². The van der Waals surface area contributed by atoms with Crippen molar-refractivity contribution in [3.8, 4) is 45.8 Å². The average molecular weight is 1320 g/mol. The summed E-state index contributed by atoms with van der Waals surface area (Å²) in [5.74, 6) is -0.697. The number of aliphatic hydroxyl groups is 1. The van der Waals surface area contributed by atoms with E-state index in [4.69, 9.17) is 37.4 Å². The van der Waals surface area contributed by atoms with Crippen molar-refractivity contribution < 1.29 is 51.3 Å². The lowest BCUT2D eigenvalue weighted by atomic mass is 10.00. The van der Waals surface area contributed by atoms with Gasteiger partial charge < -0.3 is 38.3 Å². The maximum Gasteiger partial charge on any atom is 0.321 e. The van der Waals surface area contributed by atoms with Crippen LogP contribution in [-0.2, 0) is 19.1 Å². The number of hydrogen-bond acceptors (Lipinski definition) is 15. The molecule has 10 aromatic rings. The van der Waals surface area contributed by atoms with Crippen molar-refractivity contribution in [2.75, 3.05) is 39.4 Å². The lowest BCUT2D eigenvalue weighted by molar-refractivity contribution is -0.151. The number of carbonyl (C=O) groups is 3. The number of esters is 1. The quantitative estimate of drug-likeness (QED) is 0.0940. The summed E-state index contributed by atoms with van der Waals surface area (Å²) in [4.78, 5) is 72.2. The Kier molecular flexibility index (Phi) is 23.4. The zero-order valence-corrected chi connectivity index (χ0v) is 51.9. The van der Waals surface area contributed by atoms with Gasteiger partial charge in [-0.15, -0.1) is 0 Å². The van der Waals surface area contributed by atoms with Crippen LogP contribution in [0.1, 0.15) is 50.9 Å². The number of aromatic nitrogens is 10. The third-order valence-electron chi connectivity index (χ3n) is 14.4. The van der Waals surface area contributed by atoms with Gasteiger partial charge >= 0.3 is 18.0 Å². The van der Waals surface area contributed by atoms with E-state index in [1.807, 2.05) is 4.57 Å². The fraction of sp³-hybridized carbons (Fsp3) is 0.271. The topological polar surface area (TPSA) is 219 Å². The molecule has 0 spiro atoms. The van der Waals surface area contributed by atoms with Gasteiger partial charge in [0, 0.05) is 102 Å². The van der Waals surface area contributed by atoms with Gasteiger partial charge in [0.1, 0.15) is 64.8 Å². The summed E-state index contributed by atoms with van der Waals surface area (Å²) < 4.78 is 81.8. The molecule has 0 radical (unpaired) electrons. The third-order valence-corrected chi connectivity index (χ3v) is 15.1. The lowest BCUT2D eigenvalue weighted by Gasteiger charge is -2.36. The van der Waals surface area contributed by atoms with E-state index in [9.17, 15) is 19.5 Å². The molecule has 29 heteroatoms. The second-order valence-electron chi connectivity index (χ2n) is 19.7. The van der Waals surface area contributed by atoms with E-state index in [1.165, 1.54) is 35.1 Å². The number of likely N-dealkylation sites (tertiary alicyclic amines) is 2. The molecule has 2 aliphatic rings. The maximum absolute atomic E-state index is 15.7. The summed E-state index contributed by atoms with van der Waals surface area (Å²) in [5, 5.41) is 10.8. The molecule has 88 heavy (non-hydrogen) atoms. The van der Waals surface area contributed by atoms with Crippen molar-refractivity contribution in [3.05, 3.63) is 143 Å². The molecule has 4 aromatic carbocycles. The number of rotatable bonds is 11. The Labute approximate surface area is 539 Å². The highest BCUT2D eigenvalue weighted by atomic mass is 35.5. The van der Waals surface area contributed by atoms with Crippen molar-refractivity contribution in [2.45, 2.75) is 65.5 Å². The summed E-state index contributed by atoms with van der Waals surface area (Å²) >= 11 is 13.2. The summed E-state index contributed by atoms with van der Waals surface area (Å²) in [5.41, 5.74) is 4.37. The first-order valence-corrected chi connectivity index (χ1v) is 26.8. The van der Waals surface area contributed by atoms with Crippen LogP contribution in [0.2, 0.25) is 10.0 Å². The van der Waals surface area contributed by atoms with Gasteiger partial charge in [-0.2, -0.15) is 54.0 Å². The minimum Gasteiger partial charge on any atom is -0.456 e. The third kappa shape index (κ3) is 14.3. The molecule has 2 saturated heterocycles. The minimum absolute atomic E-state index is 0. The zero-order valence-electron chi connectivity index (χ0n) is 46.4. The zero-order chi connectivity index (χ0) is 58.2. The van der Waals surface area contributed by atoms with Crippen molar-refractivity contribution in [1.29, 1.82) is 0 Å². The monoisotopic (exact) mass is 1320 g/mol. The Bertz CT molecular complexity index is 4170. The summed E-state index contributed by atoms with van der Waals surface area (Å²) in [6.07, 6.45) is 7.08. The number of imidazole rings is 2. The number of hydrogen-bond donors (Lipinski definition) is 1. The smallest absolute Gasteiger partial charge is 0.321 e. The van der Waals surface area contributed by atoms with Gasteiger partial charge in [-0.1, -0.05) is 30.6 Å². The Morgan fingerprint density at radius 3 is 1.38 bits per heavy atom. The number of ether oxygens (including phenoxy) is 3. The highest BCUT2D eigenvalue weighted by molar-refractivity contribution is 7.59. The van der Waals surface area contributed by atoms with Crippen LogP contribution < -0.4 is 9.47 Å². The fourth-order valence-corrected chi connectivity index (χ4v) is 11.2. The van der Waals surface area contributed by atoms with Crippen molar-refractivity contribution >= 4 is 139 Å². The van der Waals surface area contributed by atoms with Crippen LogP contribution in [0.15, 0.2) is 110 Å². The standard InChI is InChI=1S/C30H25ClF2N6O4.C28H23ClF2N6O3.CH4.4H2S/c1-16-37-26-13-36-25-12-23(32)20(19-5-4-18(10-22(19)31)43-30-34-7-3-8-35-30)11-21(25)29(26)39(16)27-6-9-38(14-24(27)33)28(41)15-42-17(2)40;1-15-35-24-12-34-23-11-21(30)18(17-4-3-16(9-20(17)29)40-28-32-6-2-7-33-28)10-19(23)27(24)37(15)25-5-8-36(13-22(25)31)26(39)14-38;;;;;/h3-5,7-8,10-13,24,27H,6,9,14-15H2,1-2H3;2-4,6-7,9-12,22,25,38H,5,8,13-14H2,1H3;1H4;4*1H2/t24-,27-;22-,25-;;;;;/m00...../s1. The van der Waals surface area contributed by atoms with Crippen LogP contribution in [-0.4, -0.2) is 133 Å². The number of aryl methyl sites for hydroxylation is 2. The number of benzene rings is 4. The van der Waals surface area contributed by atoms with Crippen LogP contribution >= 0.6 is 77.2 Å². The number of nitrogens with zero attached hydrogens (tertiary/aromatic N) is 12. The number of aliphatic hydroxyl groups excluding tert-OH is 1. The molecule has 0 aliphatic carbocycles. The molecule has 1 N–H and O–H groups in total. The Morgan fingerprint density at radius 1 is 0.591 bits per heavy atom. The van der Waals surface area contributed by atoms with Gasteiger partial charge in [0.2, 0.25) is 5.91 Å². The van der Waals surface area contributed by atoms with E-state index >= 15 is 17.6 Å². The van der Waals surface area contributed by atoms with Gasteiger partial charge in [0.05, 0.1) is 69.7 Å². The van der Waals surface area contributed by atoms with Crippen LogP contribution in [0.3, 0.4) is 0 Å². The van der Waals surface area contributed by atoms with Gasteiger partial charge in [-0.3, -0.25) is 24.4 Å². The molecular weight excluding hydrogens is 1260 g/mol. The normalized spacial score (nSPS) is 16.2. The molecule has 0 saturated carbocycles. The Morgan fingerprint density at radius 2 is 1.00 bits per heavy atom. The number of alkyl halides is 2. The SMILES string of the molecule is C.CC(=O)OCC(=O)N1CC[C@H](n2c(C)nc3cnc4cc(F)c(-c5ccc(Oc6ncccn6)cc5Cl)cc4c32)[C@@H](F)C1.Cc1nc2cnc3cc(F)c(-c4ccc(Oc5ncccn5)cc4Cl)cc3c2n1[C@H]1CCN(C(=O)CO)C[C@@H]1F.S.S.S.S. The summed E-state index contributed by atoms with van der Waals surface area (Å²) in [6.45, 7) is 3.93. The Hall–Kier alpha value is -7.53. The summed E-state index contributed by atoms with van der Waals surface area (Å²) in [6, 6.07) is 18.0. The predicted molar refractivity (Wildman–Crippen MR) is 347 cm³/mol. The largest absolute Gasteiger partial charge is 0.456 e. The van der Waals surface area contributed by atoms with Gasteiger partial charge in [0.15, 0.2) is 6.61 Å². The highest BCUT2D eigenvalue weighted by Crippen LogP contribution is 2.41. The molecule has 2 fully saturated rings. The number of piperidine rings is 2. The van der Waals surface area contributed by atoms with Gasteiger partial charge in [0.25, 0.3) is 5.91 Å². The van der Waals surface area contributed by atoms with E-state index in [2.05, 4.69) is 39.9 Å². The van der Waals surface area contributed by atoms with Crippen molar-refractivity contribution in [3.63, 3.8) is 0 Å². The number of halogens is 6. The second kappa shape index (κ2) is 29.6. The molecule has 2 amide bonds. The van der Waals surface area contributed by atoms with Crippen LogP contribution in [0.4, 0.5) is 17.6 Å². The van der Waals surface area contributed by atoms with Crippen molar-refractivity contribution in [2.24, 2.45) is 0 Å². The maximum atomic E-state index is 15.7. The van der Waals surface area contributed by atoms with Crippen LogP contribution in [0, 0.1) is 25.5 Å². The molecule has 8 heterocycles. The first-order valence-electron chi connectivity index (χ1n) is 26.0. The van der Waals surface area contributed by atoms with E-state index in [-0.39, 0.29) is 114 Å². The second-order valence-corrected chi connectivity index (χ2v) is 20.5. The van der Waals surface area contributed by atoms with E-state index in [0.29, 0.717) is 97.5 Å². The summed E-state index contributed by atoms with van der Waals surface area (Å²) in [7, 11) is 0. The average Bonchev–Trinajstić information content (AvgIpc) is 1.53. The highest BCUT2D eigenvalue weighted by Gasteiger charge is 2.37. The molecular formula is C59H60Cl2F4N12O7S4. The molecule has 19 nitrogen and oxygen atoms in total. The molecule has 6 aromatic heterocycles. The number of amides is 2. The fourth-order valence-electron chi connectivity index (χ4n) is 10.7. The molecule has 4 atom stereocenters. The molecule has 12 rings (SSSR count). The molecule has 0 unspecified atom stereocenters. The number of fused-ring (bicyclic) bond motifs is 6. The molecule has 464 valence electrons. The first kappa shape index (κ1) is 69.6. The number of carbonyl (C=O) groups excluding carboxylic acids is 3. The van der Waals surface area contributed by atoms with E-state index < -0.39 is 67.1 Å². The van der Waals surface area contributed by atoms with Crippen LogP contribution in [0.5, 0.6) is 23.5 Å². The molecule has 2 aliphatic heterocycles. The van der Waals surface area contributed by atoms with Gasteiger partial charge in [-0.25, -0.2) is 47.5 Å². The lowest BCUT2D eigenvalue weighted by Crippen LogP contribution is -2.47. The van der Waals surface area contributed by atoms with E-state index in [0.717, 1.165) is 0 Å². The van der Waals surface area contributed by atoms with E-state index in [1.54, 1.807) is 110 Å².